The van der Waals surface area contributed by atoms with Crippen LogP contribution in [0.2, 0.25) is 5.02 Å². The molecule has 0 saturated heterocycles. The van der Waals surface area contributed by atoms with Gasteiger partial charge in [-0.05, 0) is 69.3 Å². The number of methoxy groups -OCH3 is 1. The SMILES string of the molecule is COCc1ccc(-c2ccc(NC(=O)C3CC3c3ccc(Cl)cc3)cc2-c2nnn[nH]2)cc1. The molecule has 1 aromatic heterocycles. The highest BCUT2D eigenvalue weighted by atomic mass is 35.5. The van der Waals surface area contributed by atoms with E-state index in [1.165, 1.54) is 0 Å². The van der Waals surface area contributed by atoms with Gasteiger partial charge in [0, 0.05) is 29.3 Å². The zero-order valence-corrected chi connectivity index (χ0v) is 18.7. The predicted octanol–water partition coefficient (Wildman–Crippen LogP) is 5.08. The second kappa shape index (κ2) is 9.13. The van der Waals surface area contributed by atoms with Crippen LogP contribution in [0.5, 0.6) is 0 Å². The fourth-order valence-corrected chi connectivity index (χ4v) is 4.21. The van der Waals surface area contributed by atoms with Gasteiger partial charge in [-0.1, -0.05) is 54.1 Å². The van der Waals surface area contributed by atoms with E-state index in [1.54, 1.807) is 7.11 Å². The Morgan fingerprint density at radius 3 is 2.58 bits per heavy atom. The summed E-state index contributed by atoms with van der Waals surface area (Å²) in [6.07, 6.45) is 0.832. The number of amides is 1. The Kier molecular flexibility index (Phi) is 5.90. The maximum absolute atomic E-state index is 12.9. The summed E-state index contributed by atoms with van der Waals surface area (Å²) in [6, 6.07) is 21.6. The fraction of sp³-hybridized carbons (Fsp3) is 0.200. The summed E-state index contributed by atoms with van der Waals surface area (Å²) in [5, 5.41) is 18.1. The predicted molar refractivity (Wildman–Crippen MR) is 127 cm³/mol. The number of carbonyl (C=O) groups is 1. The van der Waals surface area contributed by atoms with Gasteiger partial charge in [-0.15, -0.1) is 5.10 Å². The number of H-pyrrole nitrogens is 1. The van der Waals surface area contributed by atoms with Gasteiger partial charge in [-0.3, -0.25) is 4.79 Å². The van der Waals surface area contributed by atoms with E-state index in [4.69, 9.17) is 16.3 Å². The second-order valence-electron chi connectivity index (χ2n) is 8.13. The maximum atomic E-state index is 12.9. The van der Waals surface area contributed by atoms with Crippen LogP contribution < -0.4 is 5.32 Å². The first-order valence-corrected chi connectivity index (χ1v) is 11.0. The summed E-state index contributed by atoms with van der Waals surface area (Å²) in [4.78, 5) is 12.9. The van der Waals surface area contributed by atoms with Gasteiger partial charge >= 0.3 is 0 Å². The Bertz CT molecular complexity index is 1260. The topological polar surface area (TPSA) is 92.8 Å². The van der Waals surface area contributed by atoms with Crippen molar-refractivity contribution in [3.05, 3.63) is 82.9 Å². The third-order valence-electron chi connectivity index (χ3n) is 5.89. The van der Waals surface area contributed by atoms with Gasteiger partial charge in [-0.25, -0.2) is 5.10 Å². The molecule has 1 fully saturated rings. The molecule has 3 aromatic carbocycles. The molecule has 0 aliphatic heterocycles. The molecule has 33 heavy (non-hydrogen) atoms. The molecule has 4 aromatic rings. The summed E-state index contributed by atoms with van der Waals surface area (Å²) < 4.78 is 5.20. The van der Waals surface area contributed by atoms with Gasteiger partial charge in [0.2, 0.25) is 5.91 Å². The minimum absolute atomic E-state index is 0.00765. The maximum Gasteiger partial charge on any atom is 0.228 e. The molecule has 166 valence electrons. The molecule has 0 radical (unpaired) electrons. The fourth-order valence-electron chi connectivity index (χ4n) is 4.09. The lowest BCUT2D eigenvalue weighted by Crippen LogP contribution is -2.14. The minimum Gasteiger partial charge on any atom is -0.380 e. The number of ether oxygens (including phenoxy) is 1. The van der Waals surface area contributed by atoms with Gasteiger partial charge in [0.15, 0.2) is 5.82 Å². The smallest absolute Gasteiger partial charge is 0.228 e. The third-order valence-corrected chi connectivity index (χ3v) is 6.14. The molecule has 2 atom stereocenters. The van der Waals surface area contributed by atoms with Crippen LogP contribution in [-0.2, 0) is 16.1 Å². The standard InChI is InChI=1S/C25H22ClN5O2/c1-33-14-15-2-4-16(5-3-15)20-11-10-19(12-22(20)24-28-30-31-29-24)27-25(32)23-13-21(23)17-6-8-18(26)9-7-17/h2-12,21,23H,13-14H2,1H3,(H,27,32)(H,28,29,30,31). The number of nitrogens with one attached hydrogen (secondary N) is 2. The first-order valence-electron chi connectivity index (χ1n) is 10.6. The Labute approximate surface area is 196 Å². The Morgan fingerprint density at radius 2 is 1.88 bits per heavy atom. The number of halogens is 1. The normalized spacial score (nSPS) is 17.0. The molecule has 0 bridgehead atoms. The van der Waals surface area contributed by atoms with Crippen LogP contribution in [0.4, 0.5) is 5.69 Å². The van der Waals surface area contributed by atoms with Crippen LogP contribution in [0.1, 0.15) is 23.5 Å². The van der Waals surface area contributed by atoms with Crippen molar-refractivity contribution in [3.8, 4) is 22.5 Å². The van der Waals surface area contributed by atoms with E-state index < -0.39 is 0 Å². The molecule has 1 aliphatic rings. The van der Waals surface area contributed by atoms with Gasteiger partial charge in [0.05, 0.1) is 6.61 Å². The highest BCUT2D eigenvalue weighted by Gasteiger charge is 2.43. The van der Waals surface area contributed by atoms with Crippen molar-refractivity contribution >= 4 is 23.2 Å². The lowest BCUT2D eigenvalue weighted by Gasteiger charge is -2.12. The van der Waals surface area contributed by atoms with Crippen molar-refractivity contribution in [1.82, 2.24) is 20.6 Å². The first kappa shape index (κ1) is 21.3. The summed E-state index contributed by atoms with van der Waals surface area (Å²) in [7, 11) is 1.68. The number of benzene rings is 3. The van der Waals surface area contributed by atoms with Crippen molar-refractivity contribution in [2.24, 2.45) is 5.92 Å². The van der Waals surface area contributed by atoms with E-state index in [0.717, 1.165) is 34.2 Å². The number of carbonyl (C=O) groups excluding carboxylic acids is 1. The van der Waals surface area contributed by atoms with Crippen LogP contribution in [0.25, 0.3) is 22.5 Å². The van der Waals surface area contributed by atoms with E-state index in [1.807, 2.05) is 66.7 Å². The Morgan fingerprint density at radius 1 is 1.09 bits per heavy atom. The number of rotatable bonds is 7. The molecule has 1 heterocycles. The van der Waals surface area contributed by atoms with Crippen LogP contribution in [0.15, 0.2) is 66.7 Å². The van der Waals surface area contributed by atoms with Crippen LogP contribution in [0, 0.1) is 5.92 Å². The summed E-state index contributed by atoms with van der Waals surface area (Å²) in [6.45, 7) is 0.558. The average molecular weight is 460 g/mol. The van der Waals surface area contributed by atoms with Gasteiger partial charge in [0.25, 0.3) is 0 Å². The highest BCUT2D eigenvalue weighted by molar-refractivity contribution is 6.30. The molecular formula is C25H22ClN5O2. The molecule has 1 saturated carbocycles. The highest BCUT2D eigenvalue weighted by Crippen LogP contribution is 2.48. The van der Waals surface area contributed by atoms with Crippen molar-refractivity contribution < 1.29 is 9.53 Å². The van der Waals surface area contributed by atoms with Gasteiger partial charge in [0.1, 0.15) is 0 Å². The number of hydrogen-bond acceptors (Lipinski definition) is 5. The Hall–Kier alpha value is -3.55. The van der Waals surface area contributed by atoms with E-state index >= 15 is 0 Å². The van der Waals surface area contributed by atoms with Gasteiger partial charge < -0.3 is 10.1 Å². The number of tetrazole rings is 1. The van der Waals surface area contributed by atoms with Crippen molar-refractivity contribution in [3.63, 3.8) is 0 Å². The number of hydrogen-bond donors (Lipinski definition) is 2. The number of aromatic amines is 1. The first-order chi connectivity index (χ1) is 16.1. The van der Waals surface area contributed by atoms with E-state index in [-0.39, 0.29) is 17.7 Å². The molecule has 1 amide bonds. The minimum atomic E-state index is -0.0467. The molecule has 5 rings (SSSR count). The van der Waals surface area contributed by atoms with Crippen LogP contribution in [-0.4, -0.2) is 33.6 Å². The molecule has 0 spiro atoms. The molecule has 7 nitrogen and oxygen atoms in total. The van der Waals surface area contributed by atoms with E-state index in [2.05, 4.69) is 25.9 Å². The monoisotopic (exact) mass is 459 g/mol. The molecule has 2 N–H and O–H groups in total. The zero-order valence-electron chi connectivity index (χ0n) is 18.0. The second-order valence-corrected chi connectivity index (χ2v) is 8.57. The summed E-state index contributed by atoms with van der Waals surface area (Å²) >= 11 is 5.98. The quantitative estimate of drug-likeness (QED) is 0.402. The summed E-state index contributed by atoms with van der Waals surface area (Å²) in [5.41, 5.74) is 5.72. The molecule has 8 heteroatoms. The van der Waals surface area contributed by atoms with Crippen molar-refractivity contribution in [2.75, 3.05) is 12.4 Å². The lowest BCUT2D eigenvalue weighted by atomic mass is 9.97. The van der Waals surface area contributed by atoms with Crippen molar-refractivity contribution in [2.45, 2.75) is 18.9 Å². The Balaban J connectivity index is 1.37. The largest absolute Gasteiger partial charge is 0.380 e. The number of aromatic nitrogens is 4. The van der Waals surface area contributed by atoms with Crippen molar-refractivity contribution in [1.29, 1.82) is 0 Å². The third kappa shape index (κ3) is 4.65. The van der Waals surface area contributed by atoms with Gasteiger partial charge in [-0.2, -0.15) is 0 Å². The molecule has 1 aliphatic carbocycles. The number of nitrogens with zero attached hydrogens (tertiary/aromatic N) is 3. The van der Waals surface area contributed by atoms with Crippen LogP contribution in [0.3, 0.4) is 0 Å². The van der Waals surface area contributed by atoms with E-state index in [9.17, 15) is 4.79 Å². The number of anilines is 1. The average Bonchev–Trinajstić information content (AvgIpc) is 3.45. The van der Waals surface area contributed by atoms with E-state index in [0.29, 0.717) is 23.1 Å². The molecular weight excluding hydrogens is 438 g/mol. The summed E-state index contributed by atoms with van der Waals surface area (Å²) in [5.74, 6) is 0.723. The zero-order chi connectivity index (χ0) is 22.8. The van der Waals surface area contributed by atoms with Crippen LogP contribution >= 0.6 is 11.6 Å². The molecule has 2 unspecified atom stereocenters. The lowest BCUT2D eigenvalue weighted by molar-refractivity contribution is -0.117.